The first kappa shape index (κ1) is 18.4. The molecule has 0 fully saturated rings. The highest BCUT2D eigenvalue weighted by atomic mass is 32.2. The summed E-state index contributed by atoms with van der Waals surface area (Å²) in [6.45, 7) is 12.9. The molecule has 1 aliphatic heterocycles. The van der Waals surface area contributed by atoms with E-state index in [1.807, 2.05) is 6.07 Å². The van der Waals surface area contributed by atoms with Gasteiger partial charge in [-0.3, -0.25) is 4.79 Å². The quantitative estimate of drug-likeness (QED) is 0.384. The van der Waals surface area contributed by atoms with Gasteiger partial charge in [-0.2, -0.15) is 0 Å². The maximum absolute atomic E-state index is 13.2. The first-order chi connectivity index (χ1) is 11.5. The second-order valence-electron chi connectivity index (χ2n) is 8.53. The second-order valence-corrected chi connectivity index (χ2v) is 10.5. The minimum absolute atomic E-state index is 0.0467. The van der Waals surface area contributed by atoms with Crippen molar-refractivity contribution in [3.05, 3.63) is 45.6 Å². The highest BCUT2D eigenvalue weighted by molar-refractivity contribution is 7.98. The number of hydrogen-bond donors (Lipinski definition) is 0. The van der Waals surface area contributed by atoms with Crippen molar-refractivity contribution in [3.8, 4) is 10.6 Å². The molecule has 0 saturated heterocycles. The zero-order valence-corrected chi connectivity index (χ0v) is 17.6. The average molecular weight is 372 g/mol. The molecule has 0 N–H and O–H groups in total. The van der Waals surface area contributed by atoms with Gasteiger partial charge in [-0.05, 0) is 46.9 Å². The molecule has 0 atom stereocenters. The minimum atomic E-state index is -0.199. The van der Waals surface area contributed by atoms with Crippen molar-refractivity contribution in [3.63, 3.8) is 0 Å². The van der Waals surface area contributed by atoms with Crippen molar-refractivity contribution in [1.82, 2.24) is 4.98 Å². The average Bonchev–Trinajstić information content (AvgIpc) is 2.50. The van der Waals surface area contributed by atoms with E-state index in [4.69, 9.17) is 4.98 Å². The summed E-state index contributed by atoms with van der Waals surface area (Å²) in [6, 6.07) is 8.39. The van der Waals surface area contributed by atoms with Crippen molar-refractivity contribution in [1.29, 1.82) is 0 Å². The smallest absolute Gasteiger partial charge is 0.209 e. The Balaban J connectivity index is 2.48. The Morgan fingerprint density at radius 2 is 1.60 bits per heavy atom. The summed E-state index contributed by atoms with van der Waals surface area (Å²) in [5.41, 5.74) is 3.41. The lowest BCUT2D eigenvalue weighted by Crippen LogP contribution is -2.27. The van der Waals surface area contributed by atoms with Gasteiger partial charge in [-0.25, -0.2) is 4.98 Å². The predicted octanol–water partition coefficient (Wildman–Crippen LogP) is 6.08. The zero-order valence-electron chi connectivity index (χ0n) is 16.0. The molecule has 1 heterocycles. The normalized spacial score (nSPS) is 12.9. The van der Waals surface area contributed by atoms with E-state index >= 15 is 0 Å². The number of nitrogens with zero attached hydrogens (tertiary/aromatic N) is 1. The molecule has 0 amide bonds. The van der Waals surface area contributed by atoms with E-state index in [-0.39, 0.29) is 16.3 Å². The molecule has 3 rings (SSSR count). The van der Waals surface area contributed by atoms with Gasteiger partial charge in [0.2, 0.25) is 5.43 Å². The number of hydrogen-bond acceptors (Lipinski definition) is 4. The van der Waals surface area contributed by atoms with Gasteiger partial charge in [0, 0.05) is 10.5 Å². The molecule has 0 radical (unpaired) electrons. The highest BCUT2D eigenvalue weighted by Gasteiger charge is 2.29. The van der Waals surface area contributed by atoms with Crippen LogP contribution in [0.1, 0.15) is 52.7 Å². The number of rotatable bonds is 1. The van der Waals surface area contributed by atoms with Gasteiger partial charge in [0.05, 0.1) is 15.1 Å². The van der Waals surface area contributed by atoms with Gasteiger partial charge in [-0.1, -0.05) is 41.5 Å². The van der Waals surface area contributed by atoms with Gasteiger partial charge >= 0.3 is 0 Å². The number of fused-ring (bicyclic) bond motifs is 2. The molecule has 0 bridgehead atoms. The van der Waals surface area contributed by atoms with Crippen LogP contribution in [0.15, 0.2) is 34.0 Å². The lowest BCUT2D eigenvalue weighted by Gasteiger charge is -2.27. The molecule has 0 spiro atoms. The van der Waals surface area contributed by atoms with Crippen molar-refractivity contribution >= 4 is 33.3 Å². The lowest BCUT2D eigenvalue weighted by molar-refractivity contribution is 0.566. The third kappa shape index (κ3) is 3.34. The van der Waals surface area contributed by atoms with E-state index in [9.17, 15) is 4.79 Å². The Hall–Kier alpha value is -1.39. The fourth-order valence-corrected chi connectivity index (χ4v) is 4.83. The number of thioether (sulfide) groups is 1. The molecule has 0 saturated carbocycles. The fourth-order valence-electron chi connectivity index (χ4n) is 2.98. The summed E-state index contributed by atoms with van der Waals surface area (Å²) in [5.74, 6) is 0. The third-order valence-electron chi connectivity index (χ3n) is 4.44. The summed E-state index contributed by atoms with van der Waals surface area (Å²) >= 11 is 3.42. The molecule has 25 heavy (non-hydrogen) atoms. The van der Waals surface area contributed by atoms with E-state index in [2.05, 4.69) is 66.0 Å². The molecular weight excluding hydrogens is 346 g/mol. The van der Waals surface area contributed by atoms with Gasteiger partial charge in [0.15, 0.2) is 0 Å². The molecule has 1 aliphatic carbocycles. The van der Waals surface area contributed by atoms with Gasteiger partial charge in [0.25, 0.3) is 0 Å². The van der Waals surface area contributed by atoms with Crippen LogP contribution in [0.4, 0.5) is 0 Å². The highest BCUT2D eigenvalue weighted by Crippen LogP contribution is 2.40. The Morgan fingerprint density at radius 3 is 2.16 bits per heavy atom. The lowest BCUT2D eigenvalue weighted by atomic mass is 9.79. The van der Waals surface area contributed by atoms with Crippen molar-refractivity contribution in [2.24, 2.45) is 0 Å². The Kier molecular flexibility index (Phi) is 4.49. The maximum Gasteiger partial charge on any atom is 0.209 e. The van der Waals surface area contributed by atoms with Crippen LogP contribution in [0.25, 0.3) is 20.8 Å². The van der Waals surface area contributed by atoms with Crippen molar-refractivity contribution in [2.75, 3.05) is 6.26 Å². The summed E-state index contributed by atoms with van der Waals surface area (Å²) in [7, 11) is 0. The van der Waals surface area contributed by atoms with Crippen LogP contribution < -0.4 is 5.43 Å². The first-order valence-corrected chi connectivity index (χ1v) is 10.5. The summed E-state index contributed by atoms with van der Waals surface area (Å²) in [5, 5.41) is 0. The molecule has 2 aliphatic rings. The first-order valence-electron chi connectivity index (χ1n) is 8.49. The van der Waals surface area contributed by atoms with Crippen LogP contribution in [-0.2, 0) is 10.8 Å². The molecule has 2 nitrogen and oxygen atoms in total. The maximum atomic E-state index is 13.2. The second kappa shape index (κ2) is 6.10. The fraction of sp³-hybridized carbons (Fsp3) is 0.429. The predicted molar refractivity (Wildman–Crippen MR) is 112 cm³/mol. The van der Waals surface area contributed by atoms with Crippen LogP contribution >= 0.6 is 23.1 Å². The summed E-state index contributed by atoms with van der Waals surface area (Å²) in [4.78, 5) is 20.2. The van der Waals surface area contributed by atoms with E-state index < -0.39 is 0 Å². The van der Waals surface area contributed by atoms with Gasteiger partial charge < -0.3 is 0 Å². The zero-order chi connectivity index (χ0) is 18.6. The van der Waals surface area contributed by atoms with Gasteiger partial charge in [-0.15, -0.1) is 23.1 Å². The van der Waals surface area contributed by atoms with E-state index in [1.165, 1.54) is 10.5 Å². The molecule has 0 unspecified atom stereocenters. The van der Waals surface area contributed by atoms with Crippen molar-refractivity contribution < 1.29 is 0 Å². The van der Waals surface area contributed by atoms with Crippen LogP contribution in [0.5, 0.6) is 0 Å². The number of benzene rings is 2. The van der Waals surface area contributed by atoms with Crippen LogP contribution in [0.3, 0.4) is 0 Å². The van der Waals surface area contributed by atoms with E-state index in [0.29, 0.717) is 5.69 Å². The third-order valence-corrected chi connectivity index (χ3v) is 6.32. The Bertz CT molecular complexity index is 974. The molecule has 1 aromatic rings. The van der Waals surface area contributed by atoms with Crippen LogP contribution in [0.2, 0.25) is 0 Å². The van der Waals surface area contributed by atoms with Crippen molar-refractivity contribution in [2.45, 2.75) is 57.3 Å². The van der Waals surface area contributed by atoms with Crippen LogP contribution in [0, 0.1) is 0 Å². The summed E-state index contributed by atoms with van der Waals surface area (Å²) in [6.07, 6.45) is 2.08. The molecule has 1 aromatic carbocycles. The monoisotopic (exact) mass is 371 g/mol. The van der Waals surface area contributed by atoms with Gasteiger partial charge in [0.1, 0.15) is 5.69 Å². The molecule has 4 heteroatoms. The largest absolute Gasteiger partial charge is 0.287 e. The SMILES string of the molecule is CSc1ccc2nc3c(=O)c(C(C)(C)C)cc(C(C)(C)C)c-3sc2c1. The topological polar surface area (TPSA) is 30.0 Å². The summed E-state index contributed by atoms with van der Waals surface area (Å²) < 4.78 is 1.13. The minimum Gasteiger partial charge on any atom is -0.287 e. The molecule has 132 valence electrons. The standard InChI is InChI=1S/C21H25NOS2/c1-20(2,3)13-11-14(21(4,5)6)19-17(18(13)23)22-15-9-8-12(24-7)10-16(15)25-19/h8-11H,1-7H3. The van der Waals surface area contributed by atoms with E-state index in [0.717, 1.165) is 20.7 Å². The Labute approximate surface area is 158 Å². The molecular formula is C21H25NOS2. The molecule has 0 aromatic heterocycles. The number of aromatic nitrogens is 1. The van der Waals surface area contributed by atoms with E-state index in [1.54, 1.807) is 23.1 Å². The Morgan fingerprint density at radius 1 is 0.960 bits per heavy atom. The van der Waals surface area contributed by atoms with Crippen LogP contribution in [-0.4, -0.2) is 11.2 Å².